The summed E-state index contributed by atoms with van der Waals surface area (Å²) in [4.78, 5) is 12.9. The van der Waals surface area contributed by atoms with Crippen LogP contribution in [0.1, 0.15) is 66.4 Å². The number of hydrogen-bond acceptors (Lipinski definition) is 4. The average Bonchev–Trinajstić information content (AvgIpc) is 2.79. The van der Waals surface area contributed by atoms with Crippen molar-refractivity contribution in [2.24, 2.45) is 0 Å². The molecule has 192 valence electrons. The predicted molar refractivity (Wildman–Crippen MR) is 127 cm³/mol. The molecule has 0 spiro atoms. The van der Waals surface area contributed by atoms with Gasteiger partial charge in [0, 0.05) is 17.3 Å². The number of rotatable bonds is 6. The van der Waals surface area contributed by atoms with E-state index in [1.807, 2.05) is 6.07 Å². The van der Waals surface area contributed by atoms with Crippen molar-refractivity contribution in [2.45, 2.75) is 75.7 Å². The van der Waals surface area contributed by atoms with Gasteiger partial charge in [0.2, 0.25) is 10.0 Å². The second-order valence-corrected chi connectivity index (χ2v) is 11.5. The highest BCUT2D eigenvalue weighted by Gasteiger charge is 2.37. The first-order valence-electron chi connectivity index (χ1n) is 11.9. The maximum atomic E-state index is 13.4. The number of fused-ring (bicyclic) bond motifs is 1. The maximum Gasteiger partial charge on any atom is 0.416 e. The summed E-state index contributed by atoms with van der Waals surface area (Å²) in [7, 11) is -3.49. The van der Waals surface area contributed by atoms with Crippen LogP contribution < -0.4 is 10.3 Å². The molecule has 1 N–H and O–H groups in total. The molecule has 35 heavy (non-hydrogen) atoms. The predicted octanol–water partition coefficient (Wildman–Crippen LogP) is 4.32. The number of alkyl halides is 3. The van der Waals surface area contributed by atoms with Gasteiger partial charge in [-0.15, -0.1) is 0 Å². The third-order valence-corrected chi connectivity index (χ3v) is 7.88. The number of aryl methyl sites for hydroxylation is 2. The average molecular weight is 513 g/mol. The minimum absolute atomic E-state index is 0.151. The van der Waals surface area contributed by atoms with Crippen LogP contribution in [0.25, 0.3) is 0 Å². The quantitative estimate of drug-likeness (QED) is 0.625. The Kier molecular flexibility index (Phi) is 7.45. The van der Waals surface area contributed by atoms with Crippen LogP contribution in [0.4, 0.5) is 13.2 Å². The number of halogens is 3. The van der Waals surface area contributed by atoms with Crippen molar-refractivity contribution >= 4 is 10.0 Å². The second kappa shape index (κ2) is 10.1. The van der Waals surface area contributed by atoms with Gasteiger partial charge in [-0.1, -0.05) is 24.3 Å². The molecule has 1 aliphatic carbocycles. The molecule has 10 heteroatoms. The summed E-state index contributed by atoms with van der Waals surface area (Å²) < 4.78 is 74.7. The molecule has 1 saturated carbocycles. The summed E-state index contributed by atoms with van der Waals surface area (Å²) in [5.74, 6) is -0.187. The van der Waals surface area contributed by atoms with Crippen molar-refractivity contribution in [3.63, 3.8) is 0 Å². The van der Waals surface area contributed by atoms with Crippen LogP contribution >= 0.6 is 0 Å². The topological polar surface area (TPSA) is 77.4 Å². The number of benzene rings is 1. The first kappa shape index (κ1) is 25.9. The Hall–Kier alpha value is -2.17. The van der Waals surface area contributed by atoms with E-state index in [0.717, 1.165) is 18.0 Å². The Morgan fingerprint density at radius 3 is 2.40 bits per heavy atom. The first-order chi connectivity index (χ1) is 16.4. The zero-order valence-corrected chi connectivity index (χ0v) is 20.7. The molecule has 2 aromatic rings. The largest absolute Gasteiger partial charge is 0.416 e. The molecular formula is C25H31F3N2O4S. The van der Waals surface area contributed by atoms with Gasteiger partial charge in [-0.3, -0.25) is 4.79 Å². The van der Waals surface area contributed by atoms with Crippen molar-refractivity contribution in [1.29, 1.82) is 0 Å². The Labute approximate surface area is 203 Å². The number of hydrogen-bond donors (Lipinski definition) is 1. The summed E-state index contributed by atoms with van der Waals surface area (Å²) in [6.07, 6.45) is 0.0195. The van der Waals surface area contributed by atoms with Crippen LogP contribution in [0.15, 0.2) is 41.2 Å². The molecule has 2 heterocycles. The van der Waals surface area contributed by atoms with E-state index in [-0.39, 0.29) is 24.2 Å². The Balaban J connectivity index is 1.47. The van der Waals surface area contributed by atoms with E-state index in [9.17, 15) is 26.4 Å². The van der Waals surface area contributed by atoms with Gasteiger partial charge in [-0.25, -0.2) is 13.1 Å². The van der Waals surface area contributed by atoms with E-state index < -0.39 is 33.8 Å². The highest BCUT2D eigenvalue weighted by atomic mass is 32.2. The van der Waals surface area contributed by atoms with Crippen LogP contribution in [0, 0.1) is 6.92 Å². The van der Waals surface area contributed by atoms with E-state index in [1.165, 1.54) is 6.07 Å². The van der Waals surface area contributed by atoms with Gasteiger partial charge in [0.25, 0.3) is 5.56 Å². The van der Waals surface area contributed by atoms with Crippen molar-refractivity contribution in [3.05, 3.63) is 69.1 Å². The summed E-state index contributed by atoms with van der Waals surface area (Å²) in [5.41, 5.74) is 1.01. The van der Waals surface area contributed by atoms with E-state index in [2.05, 4.69) is 4.72 Å². The molecule has 1 aromatic heterocycles. The highest BCUT2D eigenvalue weighted by Crippen LogP contribution is 2.41. The van der Waals surface area contributed by atoms with Gasteiger partial charge in [-0.2, -0.15) is 13.2 Å². The highest BCUT2D eigenvalue weighted by molar-refractivity contribution is 7.88. The molecule has 2 aliphatic rings. The smallest absolute Gasteiger partial charge is 0.376 e. The number of sulfonamides is 1. The van der Waals surface area contributed by atoms with Crippen LogP contribution in [0.3, 0.4) is 0 Å². The lowest BCUT2D eigenvalue weighted by Crippen LogP contribution is -2.49. The molecular weight excluding hydrogens is 481 g/mol. The monoisotopic (exact) mass is 512 g/mol. The second-order valence-electron chi connectivity index (χ2n) is 9.68. The van der Waals surface area contributed by atoms with Gasteiger partial charge in [-0.05, 0) is 69.1 Å². The molecule has 2 atom stereocenters. The Morgan fingerprint density at radius 1 is 1.06 bits per heavy atom. The zero-order chi connectivity index (χ0) is 25.4. The molecule has 1 aliphatic heterocycles. The number of pyridine rings is 1. The van der Waals surface area contributed by atoms with Gasteiger partial charge < -0.3 is 9.30 Å². The molecule has 1 fully saturated rings. The van der Waals surface area contributed by atoms with Crippen molar-refractivity contribution < 1.29 is 26.3 Å². The molecule has 0 unspecified atom stereocenters. The molecule has 4 rings (SSSR count). The van der Waals surface area contributed by atoms with E-state index >= 15 is 0 Å². The summed E-state index contributed by atoms with van der Waals surface area (Å²) in [6.45, 7) is 1.87. The normalized spacial score (nSPS) is 25.3. The van der Waals surface area contributed by atoms with Gasteiger partial charge in [0.15, 0.2) is 0 Å². The lowest BCUT2D eigenvalue weighted by atomic mass is 9.81. The molecule has 1 aromatic carbocycles. The molecule has 0 saturated heterocycles. The fourth-order valence-electron chi connectivity index (χ4n) is 5.43. The lowest BCUT2D eigenvalue weighted by molar-refractivity contribution is -0.138. The first-order valence-corrected chi connectivity index (χ1v) is 13.8. The zero-order valence-electron chi connectivity index (χ0n) is 19.8. The fourth-order valence-corrected chi connectivity index (χ4v) is 6.25. The van der Waals surface area contributed by atoms with Crippen LogP contribution in [-0.4, -0.2) is 38.0 Å². The van der Waals surface area contributed by atoms with Gasteiger partial charge in [0.05, 0.1) is 30.6 Å². The molecule has 6 nitrogen and oxygen atoms in total. The summed E-state index contributed by atoms with van der Waals surface area (Å²) in [5, 5.41) is 0. The third kappa shape index (κ3) is 5.98. The fraction of sp³-hybridized carbons (Fsp3) is 0.560. The van der Waals surface area contributed by atoms with E-state index in [0.29, 0.717) is 49.7 Å². The minimum Gasteiger partial charge on any atom is -0.376 e. The summed E-state index contributed by atoms with van der Waals surface area (Å²) >= 11 is 0. The van der Waals surface area contributed by atoms with E-state index in [4.69, 9.17) is 4.74 Å². The molecule has 0 amide bonds. The number of nitrogens with one attached hydrogen (secondary N) is 1. The van der Waals surface area contributed by atoms with E-state index in [1.54, 1.807) is 29.7 Å². The Bertz CT molecular complexity index is 1220. The van der Waals surface area contributed by atoms with Crippen LogP contribution in [0.5, 0.6) is 0 Å². The lowest BCUT2D eigenvalue weighted by Gasteiger charge is -2.37. The molecule has 0 radical (unpaired) electrons. The standard InChI is InChI=1S/C25H31F3N2O4S/c1-16-7-10-18-11-14-22(29-35(2,32)33)23(30(18)24(16)31)15-34-19-12-8-17(9-13-19)20-5-3-4-6-21(20)25(26,27)28/h3-7,10,17,19,22-23,29H,8-9,11-15H2,1-2H3/t17?,19?,22-,23-/m0/s1. The maximum absolute atomic E-state index is 13.4. The van der Waals surface area contributed by atoms with Crippen molar-refractivity contribution in [3.8, 4) is 0 Å². The van der Waals surface area contributed by atoms with Crippen LogP contribution in [0.2, 0.25) is 0 Å². The van der Waals surface area contributed by atoms with Crippen LogP contribution in [-0.2, 0) is 27.4 Å². The summed E-state index contributed by atoms with van der Waals surface area (Å²) in [6, 6.07) is 8.43. The van der Waals surface area contributed by atoms with Gasteiger partial charge in [0.1, 0.15) is 0 Å². The molecule has 0 bridgehead atoms. The Morgan fingerprint density at radius 2 is 1.74 bits per heavy atom. The third-order valence-electron chi connectivity index (χ3n) is 7.15. The number of ether oxygens (including phenoxy) is 1. The number of aromatic nitrogens is 1. The SMILES string of the molecule is Cc1ccc2n(c1=O)[C@@H](COC1CCC(c3ccccc3C(F)(F)F)CC1)[C@@H](NS(C)(=O)=O)CC2. The number of nitrogens with zero attached hydrogens (tertiary/aromatic N) is 1. The van der Waals surface area contributed by atoms with Gasteiger partial charge >= 0.3 is 6.18 Å². The minimum atomic E-state index is -4.38. The van der Waals surface area contributed by atoms with Crippen molar-refractivity contribution in [1.82, 2.24) is 9.29 Å². The van der Waals surface area contributed by atoms with Crippen molar-refractivity contribution in [2.75, 3.05) is 12.9 Å².